The van der Waals surface area contributed by atoms with E-state index in [2.05, 4.69) is 41.8 Å². The molecule has 39 heavy (non-hydrogen) atoms. The maximum atomic E-state index is 13.5. The molecule has 2 heterocycles. The molecule has 5 rings (SSSR count). The lowest BCUT2D eigenvalue weighted by atomic mass is 9.87. The van der Waals surface area contributed by atoms with Gasteiger partial charge in [-0.3, -0.25) is 14.5 Å². The van der Waals surface area contributed by atoms with Crippen molar-refractivity contribution in [3.63, 3.8) is 0 Å². The summed E-state index contributed by atoms with van der Waals surface area (Å²) in [5.74, 6) is -0.0989. The van der Waals surface area contributed by atoms with Gasteiger partial charge in [0.05, 0.1) is 29.6 Å². The van der Waals surface area contributed by atoms with Crippen LogP contribution in [0.15, 0.2) is 36.4 Å². The lowest BCUT2D eigenvalue weighted by Crippen LogP contribution is -2.57. The number of piperazine rings is 1. The molecule has 2 aromatic rings. The molecule has 3 fully saturated rings. The standard InChI is InChI=1S/C30H38Cl2N4O3/c1-21-15-22(2)17-23(16-21)18-27(37)35-13-14-39-30(20-35,24-3-4-25(31)26(32)19-24)7-8-34-9-11-36(12-10-34)29(5-6-29)28(33)38/h3-4,15-17,19H,5-14,18,20H2,1-2H3,(H2,33,38). The second-order valence-electron chi connectivity index (χ2n) is 11.4. The molecule has 0 spiro atoms. The molecule has 0 radical (unpaired) electrons. The highest BCUT2D eigenvalue weighted by Gasteiger charge is 2.53. The molecule has 2 aromatic carbocycles. The van der Waals surface area contributed by atoms with Crippen LogP contribution in [0.2, 0.25) is 10.0 Å². The minimum Gasteiger partial charge on any atom is -0.368 e. The average molecular weight is 574 g/mol. The fourth-order valence-corrected chi connectivity index (χ4v) is 6.58. The molecule has 2 saturated heterocycles. The molecule has 0 aromatic heterocycles. The number of primary amides is 1. The van der Waals surface area contributed by atoms with Gasteiger partial charge in [0.15, 0.2) is 0 Å². The summed E-state index contributed by atoms with van der Waals surface area (Å²) in [5, 5.41) is 0.972. The maximum Gasteiger partial charge on any atom is 0.237 e. The van der Waals surface area contributed by atoms with Gasteiger partial charge in [0.2, 0.25) is 11.8 Å². The van der Waals surface area contributed by atoms with E-state index in [9.17, 15) is 9.59 Å². The third-order valence-electron chi connectivity index (χ3n) is 8.61. The first kappa shape index (κ1) is 28.4. The number of hydrogen-bond acceptors (Lipinski definition) is 5. The Morgan fingerprint density at radius 2 is 1.64 bits per heavy atom. The number of carbonyl (C=O) groups is 2. The lowest BCUT2D eigenvalue weighted by Gasteiger charge is -2.45. The van der Waals surface area contributed by atoms with Crippen molar-refractivity contribution in [2.24, 2.45) is 5.73 Å². The summed E-state index contributed by atoms with van der Waals surface area (Å²) in [6.07, 6.45) is 2.80. The number of rotatable bonds is 8. The van der Waals surface area contributed by atoms with Crippen molar-refractivity contribution in [3.05, 3.63) is 68.7 Å². The Kier molecular flexibility index (Phi) is 8.28. The molecule has 2 N–H and O–H groups in total. The van der Waals surface area contributed by atoms with Crippen molar-refractivity contribution in [2.75, 3.05) is 52.4 Å². The largest absolute Gasteiger partial charge is 0.368 e. The van der Waals surface area contributed by atoms with Crippen LogP contribution in [0.5, 0.6) is 0 Å². The Morgan fingerprint density at radius 1 is 0.949 bits per heavy atom. The molecule has 2 amide bonds. The second kappa shape index (κ2) is 11.4. The molecule has 1 unspecified atom stereocenters. The highest BCUT2D eigenvalue weighted by Crippen LogP contribution is 2.42. The zero-order valence-electron chi connectivity index (χ0n) is 22.8. The van der Waals surface area contributed by atoms with Crippen molar-refractivity contribution in [3.8, 4) is 0 Å². The lowest BCUT2D eigenvalue weighted by molar-refractivity contribution is -0.154. The van der Waals surface area contributed by atoms with Crippen molar-refractivity contribution >= 4 is 35.0 Å². The summed E-state index contributed by atoms with van der Waals surface area (Å²) < 4.78 is 6.53. The van der Waals surface area contributed by atoms with Gasteiger partial charge in [0, 0.05) is 39.3 Å². The molecule has 1 aliphatic carbocycles. The van der Waals surface area contributed by atoms with Crippen LogP contribution in [0.1, 0.15) is 41.5 Å². The summed E-state index contributed by atoms with van der Waals surface area (Å²) in [6.45, 7) is 9.76. The summed E-state index contributed by atoms with van der Waals surface area (Å²) in [4.78, 5) is 32.1. The van der Waals surface area contributed by atoms with E-state index < -0.39 is 11.1 Å². The van der Waals surface area contributed by atoms with E-state index in [0.29, 0.717) is 42.6 Å². The van der Waals surface area contributed by atoms with Gasteiger partial charge in [-0.15, -0.1) is 0 Å². The summed E-state index contributed by atoms with van der Waals surface area (Å²) >= 11 is 12.7. The first-order valence-electron chi connectivity index (χ1n) is 13.8. The maximum absolute atomic E-state index is 13.5. The normalized spacial score (nSPS) is 23.5. The van der Waals surface area contributed by atoms with Crippen LogP contribution >= 0.6 is 23.2 Å². The summed E-state index contributed by atoms with van der Waals surface area (Å²) in [6, 6.07) is 11.9. The van der Waals surface area contributed by atoms with E-state index in [1.807, 2.05) is 17.0 Å². The zero-order chi connectivity index (χ0) is 27.8. The molecular weight excluding hydrogens is 535 g/mol. The van der Waals surface area contributed by atoms with E-state index in [1.54, 1.807) is 6.07 Å². The van der Waals surface area contributed by atoms with Gasteiger partial charge < -0.3 is 20.3 Å². The quantitative estimate of drug-likeness (QED) is 0.518. The van der Waals surface area contributed by atoms with Gasteiger partial charge in [-0.1, -0.05) is 58.6 Å². The second-order valence-corrected chi connectivity index (χ2v) is 12.2. The first-order valence-corrected chi connectivity index (χ1v) is 14.6. The van der Waals surface area contributed by atoms with Gasteiger partial charge in [-0.05, 0) is 56.4 Å². The molecule has 9 heteroatoms. The minimum atomic E-state index is -0.688. The Morgan fingerprint density at radius 3 is 2.26 bits per heavy atom. The van der Waals surface area contributed by atoms with Crippen LogP contribution in [-0.4, -0.2) is 84.5 Å². The van der Waals surface area contributed by atoms with E-state index >= 15 is 0 Å². The molecule has 210 valence electrons. The van der Waals surface area contributed by atoms with Crippen molar-refractivity contribution in [2.45, 2.75) is 50.7 Å². The topological polar surface area (TPSA) is 79.1 Å². The number of nitrogens with two attached hydrogens (primary N) is 1. The van der Waals surface area contributed by atoms with E-state index in [1.165, 1.54) is 0 Å². The number of ether oxygens (including phenoxy) is 1. The van der Waals surface area contributed by atoms with Crippen molar-refractivity contribution in [1.82, 2.24) is 14.7 Å². The smallest absolute Gasteiger partial charge is 0.237 e. The van der Waals surface area contributed by atoms with Crippen LogP contribution in [0.25, 0.3) is 0 Å². The van der Waals surface area contributed by atoms with E-state index in [4.69, 9.17) is 33.7 Å². The van der Waals surface area contributed by atoms with Gasteiger partial charge in [-0.2, -0.15) is 0 Å². The molecule has 2 aliphatic heterocycles. The number of nitrogens with zero attached hydrogens (tertiary/aromatic N) is 3. The molecule has 0 bridgehead atoms. The SMILES string of the molecule is Cc1cc(C)cc(CC(=O)N2CCOC(CCN3CCN(C4(C(N)=O)CC4)CC3)(c3ccc(Cl)c(Cl)c3)C2)c1. The molecule has 1 atom stereocenters. The van der Waals surface area contributed by atoms with Crippen molar-refractivity contribution < 1.29 is 14.3 Å². The monoisotopic (exact) mass is 572 g/mol. The third-order valence-corrected chi connectivity index (χ3v) is 9.35. The number of benzene rings is 2. The fourth-order valence-electron chi connectivity index (χ4n) is 6.28. The molecule has 3 aliphatic rings. The highest BCUT2D eigenvalue weighted by molar-refractivity contribution is 6.42. The zero-order valence-corrected chi connectivity index (χ0v) is 24.4. The van der Waals surface area contributed by atoms with E-state index in [-0.39, 0.29) is 11.8 Å². The van der Waals surface area contributed by atoms with Crippen LogP contribution < -0.4 is 5.73 Å². The number of morpholine rings is 1. The predicted octanol–water partition coefficient (Wildman–Crippen LogP) is 3.93. The Hall–Kier alpha value is -2.16. The summed E-state index contributed by atoms with van der Waals surface area (Å²) in [5.41, 5.74) is 8.88. The minimum absolute atomic E-state index is 0.0996. The van der Waals surface area contributed by atoms with Gasteiger partial charge >= 0.3 is 0 Å². The van der Waals surface area contributed by atoms with Crippen LogP contribution in [0.3, 0.4) is 0 Å². The number of aryl methyl sites for hydroxylation is 2. The van der Waals surface area contributed by atoms with Gasteiger partial charge in [0.1, 0.15) is 11.1 Å². The van der Waals surface area contributed by atoms with Crippen LogP contribution in [0, 0.1) is 13.8 Å². The number of halogens is 2. The summed E-state index contributed by atoms with van der Waals surface area (Å²) in [7, 11) is 0. The Labute approximate surface area is 241 Å². The van der Waals surface area contributed by atoms with Crippen LogP contribution in [0.4, 0.5) is 0 Å². The third kappa shape index (κ3) is 6.13. The fraction of sp³-hybridized carbons (Fsp3) is 0.533. The predicted molar refractivity (Wildman–Crippen MR) is 154 cm³/mol. The average Bonchev–Trinajstić information content (AvgIpc) is 3.71. The number of carbonyl (C=O) groups excluding carboxylic acids is 2. The molecule has 1 saturated carbocycles. The van der Waals surface area contributed by atoms with Crippen molar-refractivity contribution in [1.29, 1.82) is 0 Å². The van der Waals surface area contributed by atoms with Crippen LogP contribution in [-0.2, 0) is 26.3 Å². The first-order chi connectivity index (χ1) is 18.6. The Bertz CT molecular complexity index is 1220. The Balaban J connectivity index is 1.30. The number of hydrogen-bond donors (Lipinski definition) is 1. The van der Waals surface area contributed by atoms with Gasteiger partial charge in [0.25, 0.3) is 0 Å². The van der Waals surface area contributed by atoms with E-state index in [0.717, 1.165) is 67.8 Å². The molecular formula is C30H38Cl2N4O3. The van der Waals surface area contributed by atoms with Gasteiger partial charge in [-0.25, -0.2) is 0 Å². The molecule has 7 nitrogen and oxygen atoms in total. The highest BCUT2D eigenvalue weighted by atomic mass is 35.5. The number of amides is 2.